The zero-order chi connectivity index (χ0) is 39.1. The first-order valence-corrected chi connectivity index (χ1v) is 19.5. The SMILES string of the molecule is CCCC(C)(C)[C@@H](C(=O)C(C#N)=P(c1ccccc1)(c1ccccc1)c1ccccc1)N(C(=O)O)[C@H](CC)Cc1nnc(-c2ccc(C(F)(F)F)cc2)o1. The van der Waals surface area contributed by atoms with Crippen LogP contribution in [0.2, 0.25) is 0 Å². The monoisotopic (exact) mass is 754 g/mol. The van der Waals surface area contributed by atoms with Crippen molar-refractivity contribution in [3.8, 4) is 17.5 Å². The van der Waals surface area contributed by atoms with E-state index in [1.54, 1.807) is 6.92 Å². The number of rotatable bonds is 14. The standard InChI is InChI=1S/C42H42F3N4O4P/c1-5-26-41(3,4)38(49(40(51)52)31(6-2)27-36-47-48-39(53-36)29-22-24-30(25-23-29)42(43,44)45)37(50)35(28-46)54(32-16-10-7-11-17-32,33-18-12-8-13-19-33)34-20-14-9-15-21-34/h7-25,31,38H,5-6,26-27H2,1-4H3,(H,51,52)/t31-,38-/m1/s1. The van der Waals surface area contributed by atoms with Crippen molar-refractivity contribution in [1.82, 2.24) is 15.1 Å². The Hall–Kier alpha value is -5.46. The summed E-state index contributed by atoms with van der Waals surface area (Å²) in [6.45, 7) is 4.23. The molecular formula is C42H42F3N4O4P. The normalized spacial score (nSPS) is 13.1. The smallest absolute Gasteiger partial charge is 0.416 e. The second kappa shape index (κ2) is 16.7. The van der Waals surface area contributed by atoms with Gasteiger partial charge in [0.2, 0.25) is 11.8 Å². The predicted molar refractivity (Wildman–Crippen MR) is 206 cm³/mol. The molecule has 0 aliphatic heterocycles. The minimum Gasteiger partial charge on any atom is -0.465 e. The van der Waals surface area contributed by atoms with Gasteiger partial charge in [-0.1, -0.05) is 125 Å². The van der Waals surface area contributed by atoms with Crippen LogP contribution in [0.1, 0.15) is 58.4 Å². The number of alkyl halides is 3. The first-order chi connectivity index (χ1) is 25.8. The average Bonchev–Trinajstić information content (AvgIpc) is 3.64. The van der Waals surface area contributed by atoms with Crippen LogP contribution >= 0.6 is 6.89 Å². The van der Waals surface area contributed by atoms with Crippen LogP contribution in [0.15, 0.2) is 120 Å². The number of aromatic nitrogens is 2. The average molecular weight is 755 g/mol. The van der Waals surface area contributed by atoms with Gasteiger partial charge in [0.25, 0.3) is 0 Å². The molecule has 8 nitrogen and oxygen atoms in total. The number of carboxylic acid groups (broad SMARTS) is 1. The van der Waals surface area contributed by atoms with E-state index in [1.165, 1.54) is 12.1 Å². The summed E-state index contributed by atoms with van der Waals surface area (Å²) in [6, 6.07) is 32.8. The number of carbonyl (C=O) groups excluding carboxylic acids is 1. The van der Waals surface area contributed by atoms with E-state index in [-0.39, 0.29) is 35.5 Å². The Morgan fingerprint density at radius 3 is 1.74 bits per heavy atom. The number of hydrogen-bond acceptors (Lipinski definition) is 6. The van der Waals surface area contributed by atoms with Gasteiger partial charge in [-0.3, -0.25) is 9.69 Å². The van der Waals surface area contributed by atoms with Crippen molar-refractivity contribution in [3.05, 3.63) is 127 Å². The summed E-state index contributed by atoms with van der Waals surface area (Å²) < 4.78 is 45.3. The molecule has 12 heteroatoms. The summed E-state index contributed by atoms with van der Waals surface area (Å²) in [5, 5.41) is 32.7. The van der Waals surface area contributed by atoms with Gasteiger partial charge < -0.3 is 9.52 Å². The van der Waals surface area contributed by atoms with Gasteiger partial charge in [0.05, 0.1) is 5.56 Å². The Labute approximate surface area is 313 Å². The van der Waals surface area contributed by atoms with Gasteiger partial charge in [-0.25, -0.2) is 4.79 Å². The van der Waals surface area contributed by atoms with E-state index < -0.39 is 48.0 Å². The van der Waals surface area contributed by atoms with E-state index in [1.807, 2.05) is 112 Å². The van der Waals surface area contributed by atoms with Crippen LogP contribution in [0.25, 0.3) is 11.5 Å². The van der Waals surface area contributed by atoms with E-state index in [4.69, 9.17) is 4.42 Å². The van der Waals surface area contributed by atoms with Crippen molar-refractivity contribution < 1.29 is 32.3 Å². The molecule has 1 amide bonds. The third-order valence-electron chi connectivity index (χ3n) is 9.69. The molecular weight excluding hydrogens is 712 g/mol. The molecule has 0 aliphatic rings. The summed E-state index contributed by atoms with van der Waals surface area (Å²) in [5.74, 6) is -0.568. The molecule has 0 unspecified atom stereocenters. The van der Waals surface area contributed by atoms with Crippen molar-refractivity contribution in [2.45, 2.75) is 71.6 Å². The largest absolute Gasteiger partial charge is 0.465 e. The van der Waals surface area contributed by atoms with Crippen LogP contribution < -0.4 is 15.9 Å². The summed E-state index contributed by atoms with van der Waals surface area (Å²) >= 11 is 0. The number of halogens is 3. The molecule has 54 heavy (non-hydrogen) atoms. The van der Waals surface area contributed by atoms with Gasteiger partial charge >= 0.3 is 12.3 Å². The first-order valence-electron chi connectivity index (χ1n) is 17.7. The van der Waals surface area contributed by atoms with Crippen LogP contribution in [0.4, 0.5) is 18.0 Å². The van der Waals surface area contributed by atoms with Gasteiger partial charge in [0.15, 0.2) is 5.78 Å². The van der Waals surface area contributed by atoms with Crippen molar-refractivity contribution in [3.63, 3.8) is 0 Å². The molecule has 0 fully saturated rings. The lowest BCUT2D eigenvalue weighted by atomic mass is 9.76. The Kier molecular flexibility index (Phi) is 12.3. The molecule has 280 valence electrons. The fraction of sp³-hybridized carbons (Fsp3) is 0.286. The van der Waals surface area contributed by atoms with Crippen molar-refractivity contribution >= 4 is 40.0 Å². The van der Waals surface area contributed by atoms with Crippen LogP contribution in [0, 0.1) is 16.7 Å². The van der Waals surface area contributed by atoms with Gasteiger partial charge in [-0.15, -0.1) is 10.2 Å². The molecule has 4 aromatic carbocycles. The highest BCUT2D eigenvalue weighted by molar-refractivity contribution is 7.97. The maximum Gasteiger partial charge on any atom is 0.416 e. The lowest BCUT2D eigenvalue weighted by molar-refractivity contribution is -0.137. The van der Waals surface area contributed by atoms with Crippen molar-refractivity contribution in [2.24, 2.45) is 5.41 Å². The number of carbonyl (C=O) groups is 2. The third kappa shape index (κ3) is 8.04. The van der Waals surface area contributed by atoms with Crippen LogP contribution in [-0.2, 0) is 17.4 Å². The number of ketones is 1. The van der Waals surface area contributed by atoms with E-state index in [2.05, 4.69) is 16.3 Å². The number of nitrogens with zero attached hydrogens (tertiary/aromatic N) is 4. The second-order valence-electron chi connectivity index (χ2n) is 13.7. The molecule has 0 saturated heterocycles. The van der Waals surface area contributed by atoms with Crippen LogP contribution in [0.5, 0.6) is 0 Å². The minimum atomic E-state index is -4.51. The summed E-state index contributed by atoms with van der Waals surface area (Å²) in [6.07, 6.45) is -4.60. The third-order valence-corrected chi connectivity index (χ3v) is 13.9. The van der Waals surface area contributed by atoms with Crippen molar-refractivity contribution in [2.75, 3.05) is 0 Å². The van der Waals surface area contributed by atoms with Gasteiger partial charge in [-0.2, -0.15) is 18.4 Å². The Morgan fingerprint density at radius 2 is 1.33 bits per heavy atom. The summed E-state index contributed by atoms with van der Waals surface area (Å²) in [5.41, 5.74) is -1.51. The molecule has 0 radical (unpaired) electrons. The highest BCUT2D eigenvalue weighted by Crippen LogP contribution is 2.48. The molecule has 1 N–H and O–H groups in total. The molecule has 2 atom stereocenters. The fourth-order valence-corrected chi connectivity index (χ4v) is 11.4. The van der Waals surface area contributed by atoms with Crippen LogP contribution in [-0.4, -0.2) is 49.5 Å². The zero-order valence-electron chi connectivity index (χ0n) is 30.5. The quantitative estimate of drug-likeness (QED) is 0.113. The lowest BCUT2D eigenvalue weighted by Gasteiger charge is -2.44. The molecule has 5 rings (SSSR count). The summed E-state index contributed by atoms with van der Waals surface area (Å²) in [7, 11) is 0. The number of hydrogen-bond donors (Lipinski definition) is 1. The van der Waals surface area contributed by atoms with Gasteiger partial charge in [-0.05, 0) is 65.3 Å². The van der Waals surface area contributed by atoms with E-state index in [9.17, 15) is 28.3 Å². The number of nitriles is 1. The summed E-state index contributed by atoms with van der Waals surface area (Å²) in [4.78, 5) is 30.3. The van der Waals surface area contributed by atoms with E-state index in [0.29, 0.717) is 12.8 Å². The topological polar surface area (TPSA) is 120 Å². The Balaban J connectivity index is 1.70. The van der Waals surface area contributed by atoms with Gasteiger partial charge in [0, 0.05) is 18.0 Å². The minimum absolute atomic E-state index is 0.0243. The Bertz CT molecular complexity index is 2040. The highest BCUT2D eigenvalue weighted by atomic mass is 31.2. The second-order valence-corrected chi connectivity index (χ2v) is 17.0. The van der Waals surface area contributed by atoms with Crippen LogP contribution in [0.3, 0.4) is 0 Å². The number of amides is 1. The van der Waals surface area contributed by atoms with Crippen molar-refractivity contribution in [1.29, 1.82) is 5.26 Å². The first kappa shape index (κ1) is 39.7. The highest BCUT2D eigenvalue weighted by Gasteiger charge is 2.48. The van der Waals surface area contributed by atoms with Gasteiger partial charge in [0.1, 0.15) is 17.4 Å². The number of Topliss-reactive ketones (excluding diaryl/α,β-unsaturated/α-hetero) is 1. The number of benzene rings is 4. The zero-order valence-corrected chi connectivity index (χ0v) is 31.4. The maximum absolute atomic E-state index is 15.6. The predicted octanol–water partition coefficient (Wildman–Crippen LogP) is 8.51. The van der Waals surface area contributed by atoms with E-state index >= 15 is 4.79 Å². The molecule has 5 aromatic rings. The molecule has 1 heterocycles. The molecule has 1 aromatic heterocycles. The Morgan fingerprint density at radius 1 is 0.833 bits per heavy atom. The molecule has 0 spiro atoms. The molecule has 0 saturated carbocycles. The fourth-order valence-electron chi connectivity index (χ4n) is 7.23. The molecule has 0 bridgehead atoms. The maximum atomic E-state index is 15.6. The lowest BCUT2D eigenvalue weighted by Crippen LogP contribution is -2.59. The van der Waals surface area contributed by atoms with E-state index in [0.717, 1.165) is 32.9 Å². The molecule has 0 aliphatic carbocycles.